The second kappa shape index (κ2) is 12.3. The van der Waals surface area contributed by atoms with Crippen molar-refractivity contribution in [2.75, 3.05) is 6.61 Å². The Hall–Kier alpha value is -3.27. The van der Waals surface area contributed by atoms with Gasteiger partial charge in [-0.05, 0) is 30.5 Å². The SMILES string of the molecule is CC1(C)O[C@H]2O[C@H]([C@H](CO)N(Cc3ccccc3)C(=O)OCc3ccccc3)[C@H](OCc3ccccc3)[C@H]2O1. The summed E-state index contributed by atoms with van der Waals surface area (Å²) in [6.07, 6.45) is -3.11. The van der Waals surface area contributed by atoms with Gasteiger partial charge in [-0.25, -0.2) is 4.79 Å². The van der Waals surface area contributed by atoms with Crippen LogP contribution in [0.4, 0.5) is 4.79 Å². The Morgan fingerprint density at radius 2 is 1.44 bits per heavy atom. The van der Waals surface area contributed by atoms with Crippen LogP contribution >= 0.6 is 0 Å². The average Bonchev–Trinajstić information content (AvgIpc) is 3.43. The maximum atomic E-state index is 13.5. The zero-order chi connectivity index (χ0) is 27.2. The molecular formula is C31H35NO7. The zero-order valence-electron chi connectivity index (χ0n) is 22.2. The van der Waals surface area contributed by atoms with E-state index in [0.29, 0.717) is 6.61 Å². The van der Waals surface area contributed by atoms with Gasteiger partial charge in [-0.15, -0.1) is 0 Å². The van der Waals surface area contributed by atoms with Crippen LogP contribution < -0.4 is 0 Å². The van der Waals surface area contributed by atoms with Crippen LogP contribution in [0.5, 0.6) is 0 Å². The number of rotatable bonds is 10. The number of nitrogens with zero attached hydrogens (tertiary/aromatic N) is 1. The van der Waals surface area contributed by atoms with Gasteiger partial charge in [0.2, 0.25) is 0 Å². The topological polar surface area (TPSA) is 86.7 Å². The molecule has 0 bridgehead atoms. The molecule has 2 fully saturated rings. The molecule has 5 atom stereocenters. The normalized spacial score (nSPS) is 24.2. The lowest BCUT2D eigenvalue weighted by Crippen LogP contribution is -2.54. The van der Waals surface area contributed by atoms with E-state index in [1.54, 1.807) is 0 Å². The van der Waals surface area contributed by atoms with Crippen molar-refractivity contribution in [2.45, 2.75) is 70.0 Å². The fourth-order valence-electron chi connectivity index (χ4n) is 5.05. The van der Waals surface area contributed by atoms with Crippen molar-refractivity contribution in [3.05, 3.63) is 108 Å². The third-order valence-corrected chi connectivity index (χ3v) is 6.91. The molecule has 39 heavy (non-hydrogen) atoms. The summed E-state index contributed by atoms with van der Waals surface area (Å²) in [5, 5.41) is 10.7. The highest BCUT2D eigenvalue weighted by Gasteiger charge is 2.58. The highest BCUT2D eigenvalue weighted by atomic mass is 16.8. The first-order valence-corrected chi connectivity index (χ1v) is 13.2. The molecule has 0 spiro atoms. The van der Waals surface area contributed by atoms with Crippen LogP contribution in [0, 0.1) is 0 Å². The number of carbonyl (C=O) groups excluding carboxylic acids is 1. The van der Waals surface area contributed by atoms with E-state index in [0.717, 1.165) is 16.7 Å². The van der Waals surface area contributed by atoms with Crippen LogP contribution in [0.1, 0.15) is 30.5 Å². The van der Waals surface area contributed by atoms with Gasteiger partial charge in [0.05, 0.1) is 19.3 Å². The molecule has 0 unspecified atom stereocenters. The van der Waals surface area contributed by atoms with E-state index in [9.17, 15) is 9.90 Å². The average molecular weight is 534 g/mol. The number of ether oxygens (including phenoxy) is 5. The van der Waals surface area contributed by atoms with Crippen molar-refractivity contribution < 1.29 is 33.6 Å². The van der Waals surface area contributed by atoms with Gasteiger partial charge in [-0.3, -0.25) is 4.90 Å². The summed E-state index contributed by atoms with van der Waals surface area (Å²) >= 11 is 0. The Labute approximate surface area is 229 Å². The van der Waals surface area contributed by atoms with Crippen LogP contribution in [0.2, 0.25) is 0 Å². The van der Waals surface area contributed by atoms with Gasteiger partial charge in [0.15, 0.2) is 12.1 Å². The van der Waals surface area contributed by atoms with Gasteiger partial charge in [-0.1, -0.05) is 91.0 Å². The highest BCUT2D eigenvalue weighted by Crippen LogP contribution is 2.41. The monoisotopic (exact) mass is 533 g/mol. The van der Waals surface area contributed by atoms with Gasteiger partial charge in [-0.2, -0.15) is 0 Å². The molecule has 1 N–H and O–H groups in total. The molecule has 1 amide bonds. The van der Waals surface area contributed by atoms with E-state index in [1.165, 1.54) is 4.90 Å². The highest BCUT2D eigenvalue weighted by molar-refractivity contribution is 5.68. The molecule has 5 rings (SSSR count). The molecule has 2 aliphatic rings. The molecule has 3 aromatic rings. The number of fused-ring (bicyclic) bond motifs is 1. The summed E-state index contributed by atoms with van der Waals surface area (Å²) < 4.78 is 30.6. The van der Waals surface area contributed by atoms with Crippen LogP contribution in [0.3, 0.4) is 0 Å². The van der Waals surface area contributed by atoms with E-state index in [-0.39, 0.29) is 19.8 Å². The molecule has 2 aliphatic heterocycles. The lowest BCUT2D eigenvalue weighted by molar-refractivity contribution is -0.227. The number of aliphatic hydroxyl groups excluding tert-OH is 1. The zero-order valence-corrected chi connectivity index (χ0v) is 22.2. The molecule has 0 radical (unpaired) electrons. The summed E-state index contributed by atoms with van der Waals surface area (Å²) in [5.41, 5.74) is 2.74. The molecule has 8 nitrogen and oxygen atoms in total. The summed E-state index contributed by atoms with van der Waals surface area (Å²) in [6.45, 7) is 3.91. The number of amides is 1. The van der Waals surface area contributed by atoms with Crippen LogP contribution in [0.15, 0.2) is 91.0 Å². The molecule has 8 heteroatoms. The number of benzene rings is 3. The maximum Gasteiger partial charge on any atom is 0.410 e. The van der Waals surface area contributed by atoms with Crippen LogP contribution in [-0.2, 0) is 43.4 Å². The third kappa shape index (κ3) is 6.66. The minimum absolute atomic E-state index is 0.105. The summed E-state index contributed by atoms with van der Waals surface area (Å²) in [7, 11) is 0. The fraction of sp³-hybridized carbons (Fsp3) is 0.387. The van der Waals surface area contributed by atoms with Gasteiger partial charge >= 0.3 is 6.09 Å². The Bertz CT molecular complexity index is 1190. The van der Waals surface area contributed by atoms with Gasteiger partial charge in [0, 0.05) is 6.54 Å². The number of aliphatic hydroxyl groups is 1. The fourth-order valence-corrected chi connectivity index (χ4v) is 5.05. The van der Waals surface area contributed by atoms with Crippen LogP contribution in [0.25, 0.3) is 0 Å². The van der Waals surface area contributed by atoms with Crippen LogP contribution in [-0.4, -0.2) is 59.1 Å². The molecule has 2 saturated heterocycles. The quantitative estimate of drug-likeness (QED) is 0.406. The number of hydrogen-bond acceptors (Lipinski definition) is 7. The first-order valence-electron chi connectivity index (χ1n) is 13.2. The van der Waals surface area contributed by atoms with E-state index >= 15 is 0 Å². The first kappa shape index (κ1) is 27.3. The van der Waals surface area contributed by atoms with Crippen molar-refractivity contribution in [3.8, 4) is 0 Å². The maximum absolute atomic E-state index is 13.5. The Morgan fingerprint density at radius 1 is 0.872 bits per heavy atom. The predicted molar refractivity (Wildman–Crippen MR) is 143 cm³/mol. The van der Waals surface area contributed by atoms with E-state index < -0.39 is 42.5 Å². The molecule has 0 aliphatic carbocycles. The molecule has 3 aromatic carbocycles. The molecule has 0 saturated carbocycles. The Morgan fingerprint density at radius 3 is 2.03 bits per heavy atom. The summed E-state index contributed by atoms with van der Waals surface area (Å²) in [5.74, 6) is -0.846. The predicted octanol–water partition coefficient (Wildman–Crippen LogP) is 4.65. The summed E-state index contributed by atoms with van der Waals surface area (Å²) in [4.78, 5) is 15.1. The molecular weight excluding hydrogens is 498 g/mol. The molecule has 0 aromatic heterocycles. The second-order valence-electron chi connectivity index (χ2n) is 10.2. The van der Waals surface area contributed by atoms with E-state index in [2.05, 4.69) is 0 Å². The van der Waals surface area contributed by atoms with E-state index in [1.807, 2.05) is 105 Å². The molecule has 206 valence electrons. The van der Waals surface area contributed by atoms with E-state index in [4.69, 9.17) is 23.7 Å². The van der Waals surface area contributed by atoms with Gasteiger partial charge in [0.1, 0.15) is 24.9 Å². The lowest BCUT2D eigenvalue weighted by Gasteiger charge is -2.36. The standard InChI is InChI=1S/C31H35NO7/c1-31(2)38-28-27(35-20-23-14-8-4-9-15-23)26(37-29(28)39-31)25(19-33)32(18-22-12-6-3-7-13-22)30(34)36-21-24-16-10-5-11-17-24/h3-17,25-29,33H,18-21H2,1-2H3/t25-,26+,27-,28+,29+/m0/s1. The number of hydrogen-bond donors (Lipinski definition) is 1. The Balaban J connectivity index is 1.40. The third-order valence-electron chi connectivity index (χ3n) is 6.91. The smallest absolute Gasteiger partial charge is 0.410 e. The van der Waals surface area contributed by atoms with Crippen molar-refractivity contribution in [1.82, 2.24) is 4.90 Å². The Kier molecular flexibility index (Phi) is 8.60. The largest absolute Gasteiger partial charge is 0.445 e. The number of carbonyl (C=O) groups is 1. The van der Waals surface area contributed by atoms with Gasteiger partial charge in [0.25, 0.3) is 0 Å². The van der Waals surface area contributed by atoms with Crippen molar-refractivity contribution in [3.63, 3.8) is 0 Å². The lowest BCUT2D eigenvalue weighted by atomic mass is 10.0. The minimum atomic E-state index is -0.846. The first-order chi connectivity index (χ1) is 18.9. The van der Waals surface area contributed by atoms with Crippen molar-refractivity contribution in [2.24, 2.45) is 0 Å². The molecule has 2 heterocycles. The van der Waals surface area contributed by atoms with Crippen molar-refractivity contribution in [1.29, 1.82) is 0 Å². The minimum Gasteiger partial charge on any atom is -0.445 e. The van der Waals surface area contributed by atoms with Crippen molar-refractivity contribution >= 4 is 6.09 Å². The summed E-state index contributed by atoms with van der Waals surface area (Å²) in [6, 6.07) is 28.1. The second-order valence-corrected chi connectivity index (χ2v) is 10.2. The van der Waals surface area contributed by atoms with Gasteiger partial charge < -0.3 is 28.8 Å².